The van der Waals surface area contributed by atoms with Crippen LogP contribution in [0.5, 0.6) is 0 Å². The summed E-state index contributed by atoms with van der Waals surface area (Å²) in [4.78, 5) is 17.7. The van der Waals surface area contributed by atoms with Crippen LogP contribution in [0.3, 0.4) is 0 Å². The first-order valence-electron chi connectivity index (χ1n) is 8.40. The summed E-state index contributed by atoms with van der Waals surface area (Å²) in [5.41, 5.74) is 0.438. The van der Waals surface area contributed by atoms with Gasteiger partial charge in [0, 0.05) is 20.6 Å². The molecule has 128 valence electrons. The van der Waals surface area contributed by atoms with E-state index in [-0.39, 0.29) is 11.1 Å². The number of anilines is 1. The lowest BCUT2D eigenvalue weighted by Gasteiger charge is -2.22. The Labute approximate surface area is 143 Å². The average Bonchev–Trinajstić information content (AvgIpc) is 2.55. The van der Waals surface area contributed by atoms with Gasteiger partial charge in [-0.1, -0.05) is 24.4 Å². The normalized spacial score (nSPS) is 15.4. The van der Waals surface area contributed by atoms with Gasteiger partial charge in [0.2, 0.25) is 0 Å². The van der Waals surface area contributed by atoms with Gasteiger partial charge >= 0.3 is 0 Å². The van der Waals surface area contributed by atoms with E-state index in [1.165, 1.54) is 43.7 Å². The Morgan fingerprint density at radius 1 is 1.35 bits per heavy atom. The van der Waals surface area contributed by atoms with Gasteiger partial charge in [-0.05, 0) is 50.4 Å². The Hall–Kier alpha value is -1.33. The number of carbonyl (C=O) groups is 1. The summed E-state index contributed by atoms with van der Waals surface area (Å²) < 4.78 is 0. The van der Waals surface area contributed by atoms with E-state index in [0.29, 0.717) is 5.56 Å². The first kappa shape index (κ1) is 18.0. The first-order valence-corrected chi connectivity index (χ1v) is 8.78. The van der Waals surface area contributed by atoms with Crippen molar-refractivity contribution in [3.8, 4) is 0 Å². The van der Waals surface area contributed by atoms with Crippen LogP contribution in [0, 0.1) is 5.92 Å². The van der Waals surface area contributed by atoms with Gasteiger partial charge in [-0.25, -0.2) is 4.98 Å². The van der Waals surface area contributed by atoms with Crippen LogP contribution < -0.4 is 10.6 Å². The molecule has 0 bridgehead atoms. The molecular formula is C17H27ClN4O. The van der Waals surface area contributed by atoms with Crippen LogP contribution in [-0.4, -0.2) is 49.5 Å². The van der Waals surface area contributed by atoms with Crippen molar-refractivity contribution in [2.24, 2.45) is 5.92 Å². The molecule has 6 heteroatoms. The molecule has 0 atom stereocenters. The van der Waals surface area contributed by atoms with Crippen molar-refractivity contribution in [1.29, 1.82) is 0 Å². The van der Waals surface area contributed by atoms with Crippen LogP contribution in [0.2, 0.25) is 5.15 Å². The summed E-state index contributed by atoms with van der Waals surface area (Å²) in [6, 6.07) is 3.55. The third kappa shape index (κ3) is 5.66. The number of nitrogens with one attached hydrogen (secondary N) is 2. The minimum absolute atomic E-state index is 0.129. The van der Waals surface area contributed by atoms with E-state index in [1.807, 2.05) is 6.07 Å². The van der Waals surface area contributed by atoms with Crippen molar-refractivity contribution in [3.63, 3.8) is 0 Å². The molecule has 1 amide bonds. The highest BCUT2D eigenvalue weighted by Gasteiger charge is 2.14. The van der Waals surface area contributed by atoms with Crippen molar-refractivity contribution in [1.82, 2.24) is 15.2 Å². The predicted octanol–water partition coefficient (Wildman–Crippen LogP) is 3.02. The number of amides is 1. The number of nitrogens with zero attached hydrogens (tertiary/aromatic N) is 2. The molecule has 0 aromatic carbocycles. The quantitative estimate of drug-likeness (QED) is 0.592. The van der Waals surface area contributed by atoms with Gasteiger partial charge in [0.25, 0.3) is 5.91 Å². The Balaban J connectivity index is 1.71. The molecule has 1 aliphatic heterocycles. The average molecular weight is 339 g/mol. The molecule has 2 heterocycles. The molecular weight excluding hydrogens is 312 g/mol. The number of piperidine rings is 1. The van der Waals surface area contributed by atoms with Crippen molar-refractivity contribution in [3.05, 3.63) is 22.8 Å². The van der Waals surface area contributed by atoms with Crippen molar-refractivity contribution < 1.29 is 4.79 Å². The predicted molar refractivity (Wildman–Crippen MR) is 95.2 cm³/mol. The number of pyridine rings is 1. The fraction of sp³-hybridized carbons (Fsp3) is 0.647. The molecule has 23 heavy (non-hydrogen) atoms. The smallest absolute Gasteiger partial charge is 0.256 e. The number of carbonyl (C=O) groups excluding carboxylic acids is 1. The fourth-order valence-corrected chi connectivity index (χ4v) is 3.11. The van der Waals surface area contributed by atoms with Gasteiger partial charge in [-0.3, -0.25) is 4.79 Å². The number of hydrogen-bond acceptors (Lipinski definition) is 4. The minimum Gasteiger partial charge on any atom is -0.370 e. The fourth-order valence-electron chi connectivity index (χ4n) is 2.88. The summed E-state index contributed by atoms with van der Waals surface area (Å²) >= 11 is 6.11. The third-order valence-corrected chi connectivity index (χ3v) is 4.58. The molecule has 1 fully saturated rings. The highest BCUT2D eigenvalue weighted by molar-refractivity contribution is 6.32. The maximum atomic E-state index is 11.9. The maximum absolute atomic E-state index is 11.9. The Kier molecular flexibility index (Phi) is 7.12. The SMILES string of the molecule is CN(C)C(=O)c1ccc(NCCCCC2CCNCC2)nc1Cl. The van der Waals surface area contributed by atoms with Crippen molar-refractivity contribution in [2.45, 2.75) is 32.1 Å². The van der Waals surface area contributed by atoms with Gasteiger partial charge in [0.15, 0.2) is 0 Å². The zero-order valence-electron chi connectivity index (χ0n) is 14.1. The van der Waals surface area contributed by atoms with Crippen LogP contribution in [-0.2, 0) is 0 Å². The zero-order chi connectivity index (χ0) is 16.7. The Morgan fingerprint density at radius 2 is 2.09 bits per heavy atom. The van der Waals surface area contributed by atoms with E-state index in [4.69, 9.17) is 11.6 Å². The lowest BCUT2D eigenvalue weighted by molar-refractivity contribution is 0.0827. The van der Waals surface area contributed by atoms with Gasteiger partial charge in [-0.2, -0.15) is 0 Å². The molecule has 0 aliphatic carbocycles. The number of unbranched alkanes of at least 4 members (excludes halogenated alkanes) is 1. The molecule has 5 nitrogen and oxygen atoms in total. The van der Waals surface area contributed by atoms with E-state index in [9.17, 15) is 4.79 Å². The van der Waals surface area contributed by atoms with Gasteiger partial charge in [0.05, 0.1) is 5.56 Å². The molecule has 1 aliphatic rings. The molecule has 0 radical (unpaired) electrons. The van der Waals surface area contributed by atoms with E-state index >= 15 is 0 Å². The number of aromatic nitrogens is 1. The molecule has 0 unspecified atom stereocenters. The number of halogens is 1. The molecule has 0 saturated carbocycles. The lowest BCUT2D eigenvalue weighted by Crippen LogP contribution is -2.27. The molecule has 1 saturated heterocycles. The maximum Gasteiger partial charge on any atom is 0.256 e. The second kappa shape index (κ2) is 9.08. The van der Waals surface area contributed by atoms with Crippen LogP contribution >= 0.6 is 11.6 Å². The largest absolute Gasteiger partial charge is 0.370 e. The van der Waals surface area contributed by atoms with Gasteiger partial charge in [0.1, 0.15) is 11.0 Å². The van der Waals surface area contributed by atoms with Gasteiger partial charge in [-0.15, -0.1) is 0 Å². The van der Waals surface area contributed by atoms with E-state index in [1.54, 1.807) is 20.2 Å². The van der Waals surface area contributed by atoms with Gasteiger partial charge < -0.3 is 15.5 Å². The van der Waals surface area contributed by atoms with Crippen molar-refractivity contribution in [2.75, 3.05) is 39.0 Å². The summed E-state index contributed by atoms with van der Waals surface area (Å²) in [7, 11) is 3.40. The first-order chi connectivity index (χ1) is 11.1. The van der Waals surface area contributed by atoms with Crippen molar-refractivity contribution >= 4 is 23.3 Å². The standard InChI is InChI=1S/C17H27ClN4O/c1-22(2)17(23)14-6-7-15(21-16(14)18)20-10-4-3-5-13-8-11-19-12-9-13/h6-7,13,19H,3-5,8-12H2,1-2H3,(H,20,21). The highest BCUT2D eigenvalue weighted by atomic mass is 35.5. The Bertz CT molecular complexity index is 515. The second-order valence-electron chi connectivity index (χ2n) is 6.35. The summed E-state index contributed by atoms with van der Waals surface area (Å²) in [5, 5.41) is 6.94. The summed E-state index contributed by atoms with van der Waals surface area (Å²) in [6.07, 6.45) is 6.30. The molecule has 1 aromatic heterocycles. The minimum atomic E-state index is -0.129. The third-order valence-electron chi connectivity index (χ3n) is 4.29. The molecule has 2 N–H and O–H groups in total. The zero-order valence-corrected chi connectivity index (χ0v) is 14.8. The number of hydrogen-bond donors (Lipinski definition) is 2. The molecule has 2 rings (SSSR count). The van der Waals surface area contributed by atoms with E-state index < -0.39 is 0 Å². The molecule has 0 spiro atoms. The highest BCUT2D eigenvalue weighted by Crippen LogP contribution is 2.20. The lowest BCUT2D eigenvalue weighted by atomic mass is 9.92. The van der Waals surface area contributed by atoms with Crippen LogP contribution in [0.25, 0.3) is 0 Å². The van der Waals surface area contributed by atoms with Crippen LogP contribution in [0.4, 0.5) is 5.82 Å². The topological polar surface area (TPSA) is 57.3 Å². The van der Waals surface area contributed by atoms with E-state index in [0.717, 1.165) is 24.7 Å². The van der Waals surface area contributed by atoms with Crippen LogP contribution in [0.15, 0.2) is 12.1 Å². The summed E-state index contributed by atoms with van der Waals surface area (Å²) in [5.74, 6) is 1.49. The van der Waals surface area contributed by atoms with E-state index in [2.05, 4.69) is 15.6 Å². The molecule has 1 aromatic rings. The monoisotopic (exact) mass is 338 g/mol. The number of rotatable bonds is 7. The van der Waals surface area contributed by atoms with Crippen LogP contribution in [0.1, 0.15) is 42.5 Å². The second-order valence-corrected chi connectivity index (χ2v) is 6.71. The summed E-state index contributed by atoms with van der Waals surface area (Å²) in [6.45, 7) is 3.22. The Morgan fingerprint density at radius 3 is 2.74 bits per heavy atom.